The number of carbonyl (C=O) groups is 3. The number of benzene rings is 3. The zero-order chi connectivity index (χ0) is 35.5. The Bertz CT molecular complexity index is 1680. The third-order valence-corrected chi connectivity index (χ3v) is 6.02. The zero-order valence-electron chi connectivity index (χ0n) is 24.3. The van der Waals surface area contributed by atoms with Gasteiger partial charge in [0.2, 0.25) is 5.91 Å². The average Bonchev–Trinajstić information content (AvgIpc) is 3.49. The van der Waals surface area contributed by atoms with Crippen LogP contribution in [0.4, 0.5) is 32.0 Å². The summed E-state index contributed by atoms with van der Waals surface area (Å²) in [5, 5.41) is 25.4. The number of halogens is 6. The highest BCUT2D eigenvalue weighted by molar-refractivity contribution is 5.99. The van der Waals surface area contributed by atoms with Crippen molar-refractivity contribution >= 4 is 29.4 Å². The van der Waals surface area contributed by atoms with Gasteiger partial charge in [-0.25, -0.2) is 14.6 Å². The van der Waals surface area contributed by atoms with Crippen LogP contribution in [-0.4, -0.2) is 56.2 Å². The molecular formula is C30H28F6N6O5. The molecule has 1 atom stereocenters. The van der Waals surface area contributed by atoms with Crippen molar-refractivity contribution in [2.45, 2.75) is 31.7 Å². The number of aromatic amines is 1. The van der Waals surface area contributed by atoms with E-state index in [1.165, 1.54) is 5.56 Å². The molecule has 0 bridgehead atoms. The Labute approximate surface area is 262 Å². The first kappa shape index (κ1) is 37.3. The maximum absolute atomic E-state index is 11.9. The van der Waals surface area contributed by atoms with E-state index in [1.54, 1.807) is 30.5 Å². The Morgan fingerprint density at radius 2 is 1.45 bits per heavy atom. The summed E-state index contributed by atoms with van der Waals surface area (Å²) in [5.74, 6) is -5.28. The molecule has 0 unspecified atom stereocenters. The molecule has 47 heavy (non-hydrogen) atoms. The van der Waals surface area contributed by atoms with E-state index >= 15 is 0 Å². The van der Waals surface area contributed by atoms with E-state index in [0.717, 1.165) is 17.7 Å². The minimum atomic E-state index is -5.08. The van der Waals surface area contributed by atoms with Gasteiger partial charge in [0.1, 0.15) is 17.7 Å². The molecule has 1 amide bonds. The van der Waals surface area contributed by atoms with E-state index in [1.807, 2.05) is 30.3 Å². The number of hydrogen-bond acceptors (Lipinski definition) is 6. The number of nitrogens with two attached hydrogens (primary N) is 2. The molecule has 3 aromatic carbocycles. The number of H-pyrrole nitrogens is 1. The first-order chi connectivity index (χ1) is 21.8. The highest BCUT2D eigenvalue weighted by Crippen LogP contribution is 2.29. The van der Waals surface area contributed by atoms with Crippen LogP contribution in [0.2, 0.25) is 0 Å². The second kappa shape index (κ2) is 15.9. The second-order valence-electron chi connectivity index (χ2n) is 9.35. The molecule has 0 saturated heterocycles. The van der Waals surface area contributed by atoms with Crippen molar-refractivity contribution in [2.24, 2.45) is 11.5 Å². The molecule has 250 valence electrons. The number of aryl methyl sites for hydroxylation is 1. The van der Waals surface area contributed by atoms with Gasteiger partial charge >= 0.3 is 24.3 Å². The number of alkyl halides is 6. The minimum Gasteiger partial charge on any atom is -0.475 e. The Hall–Kier alpha value is -5.87. The van der Waals surface area contributed by atoms with Crippen molar-refractivity contribution in [1.29, 1.82) is 5.41 Å². The number of carboxylic acid groups (broad SMARTS) is 2. The number of aromatic nitrogens is 2. The van der Waals surface area contributed by atoms with Crippen LogP contribution in [0.5, 0.6) is 0 Å². The van der Waals surface area contributed by atoms with Crippen molar-refractivity contribution in [1.82, 2.24) is 9.97 Å². The van der Waals surface area contributed by atoms with Crippen LogP contribution in [0.3, 0.4) is 0 Å². The molecule has 9 N–H and O–H groups in total. The lowest BCUT2D eigenvalue weighted by Gasteiger charge is -2.19. The Morgan fingerprint density at radius 3 is 1.94 bits per heavy atom. The highest BCUT2D eigenvalue weighted by Gasteiger charge is 2.38. The van der Waals surface area contributed by atoms with Crippen molar-refractivity contribution in [2.75, 3.05) is 5.32 Å². The van der Waals surface area contributed by atoms with Crippen LogP contribution in [0, 0.1) is 5.41 Å². The maximum Gasteiger partial charge on any atom is 0.490 e. The number of hydrogen-bond donors (Lipinski definition) is 7. The maximum atomic E-state index is 11.9. The normalized spacial score (nSPS) is 11.6. The van der Waals surface area contributed by atoms with Gasteiger partial charge in [-0.3, -0.25) is 10.2 Å². The molecule has 1 heterocycles. The van der Waals surface area contributed by atoms with Gasteiger partial charge in [-0.05, 0) is 47.9 Å². The summed E-state index contributed by atoms with van der Waals surface area (Å²) >= 11 is 0. The van der Waals surface area contributed by atoms with Gasteiger partial charge < -0.3 is 32.0 Å². The van der Waals surface area contributed by atoms with E-state index < -0.39 is 30.2 Å². The van der Waals surface area contributed by atoms with Gasteiger partial charge in [0, 0.05) is 28.6 Å². The number of primary amides is 1. The first-order valence-corrected chi connectivity index (χ1v) is 13.2. The molecule has 11 nitrogen and oxygen atoms in total. The molecule has 0 radical (unpaired) electrons. The van der Waals surface area contributed by atoms with Crippen molar-refractivity contribution in [3.8, 4) is 11.3 Å². The number of carbonyl (C=O) groups excluding carboxylic acids is 1. The summed E-state index contributed by atoms with van der Waals surface area (Å²) in [6.07, 6.45) is -7.46. The molecule has 0 aliphatic rings. The fourth-order valence-electron chi connectivity index (χ4n) is 3.76. The number of nitrogens with zero attached hydrogens (tertiary/aromatic N) is 1. The van der Waals surface area contributed by atoms with E-state index in [0.29, 0.717) is 28.2 Å². The van der Waals surface area contributed by atoms with Gasteiger partial charge in [0.15, 0.2) is 0 Å². The molecule has 0 aliphatic carbocycles. The molecule has 0 saturated carbocycles. The van der Waals surface area contributed by atoms with Gasteiger partial charge in [-0.2, -0.15) is 26.3 Å². The predicted molar refractivity (Wildman–Crippen MR) is 159 cm³/mol. The summed E-state index contributed by atoms with van der Waals surface area (Å²) in [6.45, 7) is 2.12. The van der Waals surface area contributed by atoms with Crippen molar-refractivity contribution in [3.05, 3.63) is 107 Å². The molecule has 4 rings (SSSR count). The average molecular weight is 667 g/mol. The van der Waals surface area contributed by atoms with E-state index in [4.69, 9.17) is 41.7 Å². The van der Waals surface area contributed by atoms with Crippen LogP contribution in [0.15, 0.2) is 79.0 Å². The van der Waals surface area contributed by atoms with Crippen molar-refractivity contribution < 1.29 is 50.9 Å². The number of nitrogens with one attached hydrogen (secondary N) is 3. The van der Waals surface area contributed by atoms with Crippen LogP contribution in [-0.2, 0) is 16.0 Å². The summed E-state index contributed by atoms with van der Waals surface area (Å²) in [4.78, 5) is 37.8. The van der Waals surface area contributed by atoms with E-state index in [2.05, 4.69) is 35.4 Å². The molecule has 0 fully saturated rings. The van der Waals surface area contributed by atoms with E-state index in [9.17, 15) is 31.1 Å². The van der Waals surface area contributed by atoms with Gasteiger partial charge in [-0.15, -0.1) is 0 Å². The number of imidazole rings is 1. The monoisotopic (exact) mass is 666 g/mol. The Kier molecular flexibility index (Phi) is 12.6. The number of amides is 1. The number of nitrogen functional groups attached to an aromatic ring is 1. The summed E-state index contributed by atoms with van der Waals surface area (Å²) in [5.41, 5.74) is 16.7. The molecule has 0 aliphatic heterocycles. The topological polar surface area (TPSA) is 208 Å². The van der Waals surface area contributed by atoms with Crippen LogP contribution in [0.1, 0.15) is 45.8 Å². The van der Waals surface area contributed by atoms with Gasteiger partial charge in [0.05, 0.1) is 5.69 Å². The summed E-state index contributed by atoms with van der Waals surface area (Å²) in [7, 11) is 0. The van der Waals surface area contributed by atoms with Gasteiger partial charge in [0.25, 0.3) is 0 Å². The number of anilines is 1. The highest BCUT2D eigenvalue weighted by atomic mass is 19.4. The van der Waals surface area contributed by atoms with Crippen LogP contribution in [0.25, 0.3) is 11.3 Å². The third-order valence-electron chi connectivity index (χ3n) is 6.02. The number of carboxylic acids is 2. The Balaban J connectivity index is 0.000000459. The lowest BCUT2D eigenvalue weighted by Crippen LogP contribution is -2.21. The smallest absolute Gasteiger partial charge is 0.475 e. The fourth-order valence-corrected chi connectivity index (χ4v) is 3.76. The summed E-state index contributed by atoms with van der Waals surface area (Å²) < 4.78 is 63.5. The fraction of sp³-hybridized carbons (Fsp3) is 0.167. The second-order valence-corrected chi connectivity index (χ2v) is 9.35. The molecular weight excluding hydrogens is 638 g/mol. The SMILES string of the molecule is CCc1cccc([C@H](Nc2ccc(C(=N)N)cc2)c2nc(-c3ccccc3C(N)=O)c[nH]2)c1.O=C(O)C(F)(F)F.O=C(O)C(F)(F)F. The Morgan fingerprint density at radius 1 is 0.894 bits per heavy atom. The number of aliphatic carboxylic acids is 2. The summed E-state index contributed by atoms with van der Waals surface area (Å²) in [6, 6.07) is 22.6. The first-order valence-electron chi connectivity index (χ1n) is 13.2. The quantitative estimate of drug-likeness (QED) is 0.0725. The van der Waals surface area contributed by atoms with Gasteiger partial charge in [-0.1, -0.05) is 49.4 Å². The molecule has 0 spiro atoms. The van der Waals surface area contributed by atoms with E-state index in [-0.39, 0.29) is 11.9 Å². The number of rotatable bonds is 8. The largest absolute Gasteiger partial charge is 0.490 e. The molecule has 17 heteroatoms. The number of amidine groups is 1. The minimum absolute atomic E-state index is 0.0255. The van der Waals surface area contributed by atoms with Crippen LogP contribution >= 0.6 is 0 Å². The lowest BCUT2D eigenvalue weighted by molar-refractivity contribution is -0.193. The molecule has 1 aromatic heterocycles. The molecule has 4 aromatic rings. The lowest BCUT2D eigenvalue weighted by atomic mass is 10.0. The zero-order valence-corrected chi connectivity index (χ0v) is 24.3. The third kappa shape index (κ3) is 11.2. The standard InChI is InChI=1S/C26H26N6O.2C2HF3O2/c1-2-16-6-5-7-18(14-16)23(31-19-12-10-17(11-13-19)24(27)28)26-30-15-22(32-26)20-8-3-4-9-21(20)25(29)33;2*3-2(4,5)1(6)7/h3-15,23,31H,2H2,1H3,(H3,27,28)(H2,29,33)(H,30,32);2*(H,6,7)/t23-;;/m0../s1. The predicted octanol–water partition coefficient (Wildman–Crippen LogP) is 5.49. The van der Waals surface area contributed by atoms with Crippen molar-refractivity contribution in [3.63, 3.8) is 0 Å². The van der Waals surface area contributed by atoms with Crippen LogP contribution < -0.4 is 16.8 Å².